The van der Waals surface area contributed by atoms with Crippen LogP contribution in [-0.2, 0) is 9.59 Å². The van der Waals surface area contributed by atoms with Crippen LogP contribution in [0, 0.1) is 6.92 Å². The van der Waals surface area contributed by atoms with Gasteiger partial charge in [-0.25, -0.2) is 0 Å². The third-order valence-corrected chi connectivity index (χ3v) is 4.61. The van der Waals surface area contributed by atoms with E-state index in [4.69, 9.17) is 16.3 Å². The standard InChI is InChI=1S/C19H15ClN2O4S/c1-11-3-2-4-14(7-11)21-17(23)10-26-15-6-5-13(20)8-12(15)9-16-18(24)22-19(25)27-16/h2-9H,10H2,1H3,(H,21,23)(H,22,24,25)/b16-9-. The first-order chi connectivity index (χ1) is 12.9. The Morgan fingerprint density at radius 2 is 2.07 bits per heavy atom. The van der Waals surface area contributed by atoms with Gasteiger partial charge in [0.05, 0.1) is 4.91 Å². The number of carbonyl (C=O) groups is 3. The first kappa shape index (κ1) is 19.0. The number of halogens is 1. The molecule has 1 heterocycles. The van der Waals surface area contributed by atoms with Crippen LogP contribution >= 0.6 is 23.4 Å². The summed E-state index contributed by atoms with van der Waals surface area (Å²) in [5, 5.41) is 4.93. The molecule has 0 aromatic heterocycles. The second-order valence-corrected chi connectivity index (χ2v) is 7.19. The molecule has 8 heteroatoms. The minimum atomic E-state index is -0.479. The number of amides is 3. The Balaban J connectivity index is 1.71. The third kappa shape index (κ3) is 5.12. The molecular formula is C19H15ClN2O4S. The highest BCUT2D eigenvalue weighted by Crippen LogP contribution is 2.30. The van der Waals surface area contributed by atoms with Gasteiger partial charge in [-0.15, -0.1) is 0 Å². The largest absolute Gasteiger partial charge is 0.483 e. The van der Waals surface area contributed by atoms with Gasteiger partial charge in [-0.05, 0) is 60.7 Å². The second-order valence-electron chi connectivity index (χ2n) is 5.74. The van der Waals surface area contributed by atoms with Crippen LogP contribution in [0.5, 0.6) is 5.75 Å². The van der Waals surface area contributed by atoms with Gasteiger partial charge < -0.3 is 10.1 Å². The predicted octanol–water partition coefficient (Wildman–Crippen LogP) is 3.99. The number of carbonyl (C=O) groups excluding carboxylic acids is 3. The average Bonchev–Trinajstić information content (AvgIpc) is 2.91. The molecule has 0 bridgehead atoms. The molecule has 1 fully saturated rings. The van der Waals surface area contributed by atoms with E-state index in [1.54, 1.807) is 24.3 Å². The summed E-state index contributed by atoms with van der Waals surface area (Å²) in [6, 6.07) is 12.2. The number of ether oxygens (including phenoxy) is 1. The third-order valence-electron chi connectivity index (χ3n) is 3.56. The van der Waals surface area contributed by atoms with Crippen LogP contribution in [-0.4, -0.2) is 23.7 Å². The van der Waals surface area contributed by atoms with E-state index in [-0.39, 0.29) is 17.4 Å². The van der Waals surface area contributed by atoms with E-state index < -0.39 is 11.1 Å². The lowest BCUT2D eigenvalue weighted by Crippen LogP contribution is -2.20. The molecule has 0 spiro atoms. The molecule has 0 saturated carbocycles. The Bertz CT molecular complexity index is 958. The van der Waals surface area contributed by atoms with E-state index >= 15 is 0 Å². The van der Waals surface area contributed by atoms with Crippen LogP contribution in [0.1, 0.15) is 11.1 Å². The van der Waals surface area contributed by atoms with E-state index in [0.717, 1.165) is 17.3 Å². The van der Waals surface area contributed by atoms with Crippen LogP contribution < -0.4 is 15.4 Å². The molecular weight excluding hydrogens is 388 g/mol. The number of thioether (sulfide) groups is 1. The highest BCUT2D eigenvalue weighted by atomic mass is 35.5. The van der Waals surface area contributed by atoms with Crippen LogP contribution in [0.25, 0.3) is 6.08 Å². The molecule has 0 unspecified atom stereocenters. The molecule has 0 atom stereocenters. The minimum absolute atomic E-state index is 0.218. The predicted molar refractivity (Wildman–Crippen MR) is 106 cm³/mol. The summed E-state index contributed by atoms with van der Waals surface area (Å²) in [5.41, 5.74) is 2.21. The monoisotopic (exact) mass is 402 g/mol. The number of nitrogens with one attached hydrogen (secondary N) is 2. The molecule has 1 aliphatic heterocycles. The van der Waals surface area contributed by atoms with Crippen molar-refractivity contribution in [2.24, 2.45) is 0 Å². The molecule has 1 aliphatic rings. The average molecular weight is 403 g/mol. The SMILES string of the molecule is Cc1cccc(NC(=O)COc2ccc(Cl)cc2/C=C2\SC(=O)NC2=O)c1. The van der Waals surface area contributed by atoms with Crippen molar-refractivity contribution in [3.63, 3.8) is 0 Å². The summed E-state index contributed by atoms with van der Waals surface area (Å²) in [6.07, 6.45) is 1.50. The number of benzene rings is 2. The molecule has 2 aromatic rings. The Hall–Kier alpha value is -2.77. The van der Waals surface area contributed by atoms with Gasteiger partial charge in [0, 0.05) is 16.3 Å². The van der Waals surface area contributed by atoms with Crippen molar-refractivity contribution in [3.8, 4) is 5.75 Å². The summed E-state index contributed by atoms with van der Waals surface area (Å²) < 4.78 is 5.59. The lowest BCUT2D eigenvalue weighted by molar-refractivity contribution is -0.118. The van der Waals surface area contributed by atoms with Crippen LogP contribution in [0.4, 0.5) is 10.5 Å². The number of anilines is 1. The number of hydrogen-bond donors (Lipinski definition) is 2. The first-order valence-corrected chi connectivity index (χ1v) is 9.14. The van der Waals surface area contributed by atoms with Gasteiger partial charge in [0.1, 0.15) is 5.75 Å². The molecule has 6 nitrogen and oxygen atoms in total. The van der Waals surface area contributed by atoms with E-state index in [1.165, 1.54) is 6.08 Å². The maximum absolute atomic E-state index is 12.1. The van der Waals surface area contributed by atoms with Crippen LogP contribution in [0.3, 0.4) is 0 Å². The van der Waals surface area contributed by atoms with Gasteiger partial charge in [0.2, 0.25) is 0 Å². The molecule has 1 saturated heterocycles. The fraction of sp³-hybridized carbons (Fsp3) is 0.105. The normalized spacial score (nSPS) is 15.0. The van der Waals surface area contributed by atoms with Gasteiger partial charge in [-0.2, -0.15) is 0 Å². The minimum Gasteiger partial charge on any atom is -0.483 e. The molecule has 0 radical (unpaired) electrons. The Morgan fingerprint density at radius 3 is 2.78 bits per heavy atom. The molecule has 0 aliphatic carbocycles. The van der Waals surface area contributed by atoms with E-state index in [1.807, 2.05) is 25.1 Å². The molecule has 138 valence electrons. The molecule has 2 N–H and O–H groups in total. The van der Waals surface area contributed by atoms with Crippen molar-refractivity contribution in [1.82, 2.24) is 5.32 Å². The van der Waals surface area contributed by atoms with Gasteiger partial charge in [-0.3, -0.25) is 19.7 Å². The Labute approximate surface area is 164 Å². The first-order valence-electron chi connectivity index (χ1n) is 7.94. The molecule has 3 rings (SSSR count). The zero-order chi connectivity index (χ0) is 19.4. The number of imide groups is 1. The lowest BCUT2D eigenvalue weighted by Gasteiger charge is -2.11. The quantitative estimate of drug-likeness (QED) is 0.739. The molecule has 2 aromatic carbocycles. The summed E-state index contributed by atoms with van der Waals surface area (Å²) in [7, 11) is 0. The molecule has 27 heavy (non-hydrogen) atoms. The topological polar surface area (TPSA) is 84.5 Å². The van der Waals surface area contributed by atoms with E-state index in [9.17, 15) is 14.4 Å². The van der Waals surface area contributed by atoms with Crippen molar-refractivity contribution in [2.75, 3.05) is 11.9 Å². The van der Waals surface area contributed by atoms with Gasteiger partial charge >= 0.3 is 0 Å². The Morgan fingerprint density at radius 1 is 1.26 bits per heavy atom. The van der Waals surface area contributed by atoms with Crippen molar-refractivity contribution in [2.45, 2.75) is 6.92 Å². The van der Waals surface area contributed by atoms with Crippen molar-refractivity contribution < 1.29 is 19.1 Å². The number of aryl methyl sites for hydroxylation is 1. The summed E-state index contributed by atoms with van der Waals surface area (Å²) >= 11 is 6.81. The van der Waals surface area contributed by atoms with Crippen LogP contribution in [0.15, 0.2) is 47.4 Å². The smallest absolute Gasteiger partial charge is 0.290 e. The van der Waals surface area contributed by atoms with Crippen molar-refractivity contribution in [1.29, 1.82) is 0 Å². The number of rotatable bonds is 5. The zero-order valence-electron chi connectivity index (χ0n) is 14.2. The summed E-state index contributed by atoms with van der Waals surface area (Å²) in [4.78, 5) is 35.4. The van der Waals surface area contributed by atoms with Gasteiger partial charge in [-0.1, -0.05) is 23.7 Å². The van der Waals surface area contributed by atoms with Gasteiger partial charge in [0.15, 0.2) is 6.61 Å². The van der Waals surface area contributed by atoms with Crippen molar-refractivity contribution >= 4 is 52.2 Å². The number of hydrogen-bond acceptors (Lipinski definition) is 5. The Kier molecular flexibility index (Phi) is 5.83. The highest BCUT2D eigenvalue weighted by Gasteiger charge is 2.25. The second kappa shape index (κ2) is 8.28. The summed E-state index contributed by atoms with van der Waals surface area (Å²) in [5.74, 6) is -0.426. The maximum Gasteiger partial charge on any atom is 0.290 e. The van der Waals surface area contributed by atoms with E-state index in [0.29, 0.717) is 22.0 Å². The lowest BCUT2D eigenvalue weighted by atomic mass is 10.2. The van der Waals surface area contributed by atoms with Crippen LogP contribution in [0.2, 0.25) is 5.02 Å². The fourth-order valence-corrected chi connectivity index (χ4v) is 3.24. The molecule has 3 amide bonds. The highest BCUT2D eigenvalue weighted by molar-refractivity contribution is 8.18. The summed E-state index contributed by atoms with van der Waals surface area (Å²) in [6.45, 7) is 1.71. The maximum atomic E-state index is 12.1. The van der Waals surface area contributed by atoms with Gasteiger partial charge in [0.25, 0.3) is 17.1 Å². The van der Waals surface area contributed by atoms with Crippen molar-refractivity contribution in [3.05, 3.63) is 63.5 Å². The zero-order valence-corrected chi connectivity index (χ0v) is 15.8. The van der Waals surface area contributed by atoms with E-state index in [2.05, 4.69) is 10.6 Å². The fourth-order valence-electron chi connectivity index (χ4n) is 2.39.